The van der Waals surface area contributed by atoms with E-state index in [1.165, 1.54) is 32.6 Å². The molecule has 0 bridgehead atoms. The summed E-state index contributed by atoms with van der Waals surface area (Å²) in [7, 11) is 0. The third-order valence-electron chi connectivity index (χ3n) is 9.51. The fourth-order valence-electron chi connectivity index (χ4n) is 7.14. The molecule has 3 heterocycles. The molecule has 0 radical (unpaired) electrons. The maximum atomic E-state index is 5.32. The summed E-state index contributed by atoms with van der Waals surface area (Å²) in [6.45, 7) is 6.78. The highest BCUT2D eigenvalue weighted by Gasteiger charge is 2.23. The monoisotopic (exact) mass is 618 g/mol. The van der Waals surface area contributed by atoms with Gasteiger partial charge in [0.25, 0.3) is 0 Å². The molecule has 3 aromatic heterocycles. The van der Waals surface area contributed by atoms with Crippen molar-refractivity contribution in [2.24, 2.45) is 0 Å². The molecule has 4 nitrogen and oxygen atoms in total. The van der Waals surface area contributed by atoms with Gasteiger partial charge >= 0.3 is 0 Å². The predicted octanol–water partition coefficient (Wildman–Crippen LogP) is 11.3. The topological polar surface area (TPSA) is 35.6 Å². The highest BCUT2D eigenvalue weighted by Crippen LogP contribution is 2.42. The molecule has 0 amide bonds. The van der Waals surface area contributed by atoms with E-state index in [4.69, 9.17) is 9.97 Å². The summed E-state index contributed by atoms with van der Waals surface area (Å²) in [4.78, 5) is 10.6. The van der Waals surface area contributed by atoms with Gasteiger partial charge in [0.1, 0.15) is 0 Å². The Kier molecular flexibility index (Phi) is 6.34. The highest BCUT2D eigenvalue weighted by atomic mass is 15.2. The van der Waals surface area contributed by atoms with Gasteiger partial charge in [0, 0.05) is 38.4 Å². The van der Waals surface area contributed by atoms with Crippen LogP contribution in [0.25, 0.3) is 77.8 Å². The smallest absolute Gasteiger partial charge is 0.235 e. The minimum Gasteiger partial charge on any atom is -0.307 e. The zero-order valence-electron chi connectivity index (χ0n) is 27.2. The molecule has 0 atom stereocenters. The quantitative estimate of drug-likeness (QED) is 0.197. The molecule has 9 aromatic rings. The van der Waals surface area contributed by atoms with Crippen LogP contribution in [0.4, 0.5) is 0 Å². The van der Waals surface area contributed by atoms with E-state index in [2.05, 4.69) is 169 Å². The minimum absolute atomic E-state index is 0.0661. The summed E-state index contributed by atoms with van der Waals surface area (Å²) in [6, 6.07) is 53.9. The second kappa shape index (κ2) is 10.8. The summed E-state index contributed by atoms with van der Waals surface area (Å²) >= 11 is 0. The molecule has 48 heavy (non-hydrogen) atoms. The second-order valence-corrected chi connectivity index (χ2v) is 13.5. The summed E-state index contributed by atoms with van der Waals surface area (Å²) in [5, 5.41) is 4.76. The first kappa shape index (κ1) is 28.2. The number of aromatic nitrogens is 4. The van der Waals surface area contributed by atoms with E-state index in [1.807, 2.05) is 12.1 Å². The summed E-state index contributed by atoms with van der Waals surface area (Å²) in [5.41, 5.74) is 10.9. The van der Waals surface area contributed by atoms with Crippen molar-refractivity contribution in [2.45, 2.75) is 26.2 Å². The maximum absolute atomic E-state index is 5.32. The number of hydrogen-bond donors (Lipinski definition) is 0. The van der Waals surface area contributed by atoms with E-state index in [-0.39, 0.29) is 5.41 Å². The standard InChI is InChI=1S/C44H34N4/c1-44(2,3)31-22-24-32(25-23-31)47-39-20-12-10-18-33(39)35-26-27-36-34-19-11-13-21-40(34)48(42(36)41(35)47)43-45-37(29-14-6-4-7-15-29)28-38(46-43)30-16-8-5-9-17-30/h4-28H,1-3H3. The lowest BCUT2D eigenvalue weighted by Crippen LogP contribution is -2.10. The van der Waals surface area contributed by atoms with E-state index in [0.717, 1.165) is 44.8 Å². The number of nitrogens with zero attached hydrogens (tertiary/aromatic N) is 4. The Balaban J connectivity index is 1.44. The van der Waals surface area contributed by atoms with Crippen LogP contribution >= 0.6 is 0 Å². The molecule has 0 aliphatic heterocycles. The summed E-state index contributed by atoms with van der Waals surface area (Å²) in [5.74, 6) is 0.647. The van der Waals surface area contributed by atoms with Gasteiger partial charge in [-0.2, -0.15) is 0 Å². The van der Waals surface area contributed by atoms with Gasteiger partial charge in [0.2, 0.25) is 5.95 Å². The molecule has 0 N–H and O–H groups in total. The van der Waals surface area contributed by atoms with Crippen LogP contribution in [0.1, 0.15) is 26.3 Å². The Labute approximate surface area is 279 Å². The Morgan fingerprint density at radius 3 is 1.42 bits per heavy atom. The van der Waals surface area contributed by atoms with Crippen molar-refractivity contribution in [1.82, 2.24) is 19.1 Å². The van der Waals surface area contributed by atoms with Gasteiger partial charge in [-0.15, -0.1) is 0 Å². The first-order valence-corrected chi connectivity index (χ1v) is 16.5. The SMILES string of the molecule is CC(C)(C)c1ccc(-n2c3ccccc3c3ccc4c5ccccc5n(-c5nc(-c6ccccc6)cc(-c6ccccc6)n5)c4c32)cc1. The van der Waals surface area contributed by atoms with Crippen molar-refractivity contribution < 1.29 is 0 Å². The molecule has 4 heteroatoms. The van der Waals surface area contributed by atoms with Gasteiger partial charge in [-0.25, -0.2) is 9.97 Å². The third-order valence-corrected chi connectivity index (χ3v) is 9.51. The van der Waals surface area contributed by atoms with Crippen molar-refractivity contribution in [1.29, 1.82) is 0 Å². The van der Waals surface area contributed by atoms with Gasteiger partial charge in [0.05, 0.1) is 33.5 Å². The van der Waals surface area contributed by atoms with Crippen LogP contribution in [-0.2, 0) is 5.41 Å². The number of hydrogen-bond acceptors (Lipinski definition) is 2. The lowest BCUT2D eigenvalue weighted by Gasteiger charge is -2.19. The van der Waals surface area contributed by atoms with Crippen LogP contribution in [0.2, 0.25) is 0 Å². The third kappa shape index (κ3) is 4.44. The Bertz CT molecular complexity index is 2560. The van der Waals surface area contributed by atoms with Crippen LogP contribution in [0.15, 0.2) is 152 Å². The number of para-hydroxylation sites is 2. The van der Waals surface area contributed by atoms with Gasteiger partial charge in [-0.1, -0.05) is 142 Å². The molecular weight excluding hydrogens is 585 g/mol. The first-order valence-electron chi connectivity index (χ1n) is 16.5. The largest absolute Gasteiger partial charge is 0.307 e. The first-order chi connectivity index (χ1) is 23.5. The van der Waals surface area contributed by atoms with Gasteiger partial charge < -0.3 is 4.57 Å². The Morgan fingerprint density at radius 2 is 0.896 bits per heavy atom. The van der Waals surface area contributed by atoms with E-state index < -0.39 is 0 Å². The Hall–Kier alpha value is -6.00. The molecule has 0 saturated carbocycles. The molecule has 0 aliphatic rings. The number of rotatable bonds is 4. The van der Waals surface area contributed by atoms with Gasteiger partial charge in [-0.3, -0.25) is 4.57 Å². The van der Waals surface area contributed by atoms with E-state index in [1.54, 1.807) is 0 Å². The minimum atomic E-state index is 0.0661. The van der Waals surface area contributed by atoms with Crippen molar-refractivity contribution in [3.05, 3.63) is 157 Å². The maximum Gasteiger partial charge on any atom is 0.235 e. The lowest BCUT2D eigenvalue weighted by atomic mass is 9.87. The summed E-state index contributed by atoms with van der Waals surface area (Å²) in [6.07, 6.45) is 0. The van der Waals surface area contributed by atoms with Crippen molar-refractivity contribution >= 4 is 43.6 Å². The van der Waals surface area contributed by atoms with E-state index in [9.17, 15) is 0 Å². The molecule has 0 aliphatic carbocycles. The fourth-order valence-corrected chi connectivity index (χ4v) is 7.14. The van der Waals surface area contributed by atoms with Crippen LogP contribution in [0, 0.1) is 0 Å². The second-order valence-electron chi connectivity index (χ2n) is 13.5. The normalized spacial score (nSPS) is 12.1. The van der Waals surface area contributed by atoms with Gasteiger partial charge in [-0.05, 0) is 41.3 Å². The number of benzene rings is 6. The van der Waals surface area contributed by atoms with E-state index in [0.29, 0.717) is 5.95 Å². The fraction of sp³-hybridized carbons (Fsp3) is 0.0909. The lowest BCUT2D eigenvalue weighted by molar-refractivity contribution is 0.590. The molecule has 9 rings (SSSR count). The average molecular weight is 619 g/mol. The van der Waals surface area contributed by atoms with Crippen molar-refractivity contribution in [3.63, 3.8) is 0 Å². The van der Waals surface area contributed by atoms with Crippen LogP contribution in [0.5, 0.6) is 0 Å². The molecule has 230 valence electrons. The highest BCUT2D eigenvalue weighted by molar-refractivity contribution is 6.23. The zero-order valence-corrected chi connectivity index (χ0v) is 27.2. The molecule has 0 saturated heterocycles. The van der Waals surface area contributed by atoms with Gasteiger partial charge in [0.15, 0.2) is 0 Å². The number of fused-ring (bicyclic) bond motifs is 7. The van der Waals surface area contributed by atoms with Crippen molar-refractivity contribution in [3.8, 4) is 34.2 Å². The Morgan fingerprint density at radius 1 is 0.438 bits per heavy atom. The summed E-state index contributed by atoms with van der Waals surface area (Å²) < 4.78 is 4.71. The molecule has 6 aromatic carbocycles. The average Bonchev–Trinajstić information content (AvgIpc) is 3.65. The van der Waals surface area contributed by atoms with Crippen LogP contribution in [0.3, 0.4) is 0 Å². The van der Waals surface area contributed by atoms with Crippen molar-refractivity contribution in [2.75, 3.05) is 0 Å². The van der Waals surface area contributed by atoms with E-state index >= 15 is 0 Å². The predicted molar refractivity (Wildman–Crippen MR) is 200 cm³/mol. The molecule has 0 unspecified atom stereocenters. The zero-order chi connectivity index (χ0) is 32.4. The van der Waals surface area contributed by atoms with Crippen LogP contribution < -0.4 is 0 Å². The molecule has 0 fully saturated rings. The molecule has 0 spiro atoms. The molecular formula is C44H34N4. The van der Waals surface area contributed by atoms with Crippen LogP contribution in [-0.4, -0.2) is 19.1 Å².